The van der Waals surface area contributed by atoms with E-state index in [1.54, 1.807) is 12.1 Å². The fourth-order valence-electron chi connectivity index (χ4n) is 1.68. The molecule has 18 heavy (non-hydrogen) atoms. The van der Waals surface area contributed by atoms with Crippen molar-refractivity contribution in [3.63, 3.8) is 0 Å². The molecule has 0 amide bonds. The average molecular weight is 264 g/mol. The molecule has 1 aromatic heterocycles. The van der Waals surface area contributed by atoms with Crippen LogP contribution in [0.15, 0.2) is 35.7 Å². The number of hydrogen-bond acceptors (Lipinski definition) is 5. The molecule has 94 valence electrons. The fourth-order valence-corrected chi connectivity index (χ4v) is 2.43. The van der Waals surface area contributed by atoms with Crippen molar-refractivity contribution in [1.82, 2.24) is 0 Å². The first-order valence-electron chi connectivity index (χ1n) is 5.25. The van der Waals surface area contributed by atoms with Crippen molar-refractivity contribution in [2.45, 2.75) is 6.04 Å². The van der Waals surface area contributed by atoms with Crippen LogP contribution in [-0.4, -0.2) is 12.0 Å². The Labute approximate surface area is 108 Å². The van der Waals surface area contributed by atoms with Crippen LogP contribution in [0.5, 0.6) is 5.75 Å². The van der Waals surface area contributed by atoms with Crippen molar-refractivity contribution in [2.24, 2.45) is 5.73 Å². The van der Waals surface area contributed by atoms with Crippen molar-refractivity contribution in [2.75, 3.05) is 7.11 Å². The fraction of sp³-hybridized carbons (Fsp3) is 0.167. The standard InChI is InChI=1S/C12H12N2O3S/c1-17-10-5-4-8(7-9(10)14(15)16)12(13)11-3-2-6-18-11/h2-7,12H,13H2,1H3/t12-/m0/s1. The van der Waals surface area contributed by atoms with Gasteiger partial charge in [0, 0.05) is 10.9 Å². The third kappa shape index (κ3) is 2.34. The zero-order chi connectivity index (χ0) is 13.1. The molecule has 0 saturated heterocycles. The van der Waals surface area contributed by atoms with Crippen LogP contribution < -0.4 is 10.5 Å². The Kier molecular flexibility index (Phi) is 3.59. The maximum Gasteiger partial charge on any atom is 0.311 e. The molecule has 1 heterocycles. The van der Waals surface area contributed by atoms with E-state index in [9.17, 15) is 10.1 Å². The van der Waals surface area contributed by atoms with Gasteiger partial charge >= 0.3 is 5.69 Å². The molecule has 5 nitrogen and oxygen atoms in total. The molecule has 2 aromatic rings. The number of hydrogen-bond donors (Lipinski definition) is 1. The molecule has 0 aliphatic rings. The van der Waals surface area contributed by atoms with E-state index >= 15 is 0 Å². The summed E-state index contributed by atoms with van der Waals surface area (Å²) in [6.45, 7) is 0. The van der Waals surface area contributed by atoms with E-state index in [-0.39, 0.29) is 17.5 Å². The molecule has 0 unspecified atom stereocenters. The number of rotatable bonds is 4. The van der Waals surface area contributed by atoms with Gasteiger partial charge in [0.15, 0.2) is 5.75 Å². The topological polar surface area (TPSA) is 78.4 Å². The highest BCUT2D eigenvalue weighted by Crippen LogP contribution is 2.32. The number of nitro groups is 1. The molecule has 0 spiro atoms. The summed E-state index contributed by atoms with van der Waals surface area (Å²) in [6, 6.07) is 8.23. The van der Waals surface area contributed by atoms with Gasteiger partial charge in [0.1, 0.15) is 0 Å². The predicted molar refractivity (Wildman–Crippen MR) is 70.0 cm³/mol. The van der Waals surface area contributed by atoms with Gasteiger partial charge in [-0.2, -0.15) is 0 Å². The largest absolute Gasteiger partial charge is 0.490 e. The van der Waals surface area contributed by atoms with Gasteiger partial charge in [0.05, 0.1) is 18.1 Å². The molecule has 0 bridgehead atoms. The van der Waals surface area contributed by atoms with E-state index in [1.807, 2.05) is 17.5 Å². The Hall–Kier alpha value is -1.92. The van der Waals surface area contributed by atoms with Gasteiger partial charge in [-0.15, -0.1) is 11.3 Å². The number of nitrogens with two attached hydrogens (primary N) is 1. The summed E-state index contributed by atoms with van der Waals surface area (Å²) in [6.07, 6.45) is 0. The monoisotopic (exact) mass is 264 g/mol. The van der Waals surface area contributed by atoms with E-state index < -0.39 is 4.92 Å². The molecule has 6 heteroatoms. The summed E-state index contributed by atoms with van der Waals surface area (Å²) in [7, 11) is 1.40. The van der Waals surface area contributed by atoms with Crippen LogP contribution in [-0.2, 0) is 0 Å². The van der Waals surface area contributed by atoms with Crippen molar-refractivity contribution in [3.05, 3.63) is 56.3 Å². The predicted octanol–water partition coefficient (Wildman–Crippen LogP) is 2.71. The van der Waals surface area contributed by atoms with Gasteiger partial charge in [-0.1, -0.05) is 12.1 Å². The van der Waals surface area contributed by atoms with Crippen LogP contribution in [0.2, 0.25) is 0 Å². The van der Waals surface area contributed by atoms with E-state index in [0.717, 1.165) is 4.88 Å². The zero-order valence-corrected chi connectivity index (χ0v) is 10.5. The molecular formula is C12H12N2O3S. The van der Waals surface area contributed by atoms with E-state index in [0.29, 0.717) is 5.56 Å². The quantitative estimate of drug-likeness (QED) is 0.680. The second-order valence-corrected chi connectivity index (χ2v) is 4.66. The summed E-state index contributed by atoms with van der Waals surface area (Å²) in [5, 5.41) is 12.9. The lowest BCUT2D eigenvalue weighted by atomic mass is 10.1. The Morgan fingerprint density at radius 3 is 2.78 bits per heavy atom. The number of ether oxygens (including phenoxy) is 1. The minimum absolute atomic E-state index is 0.0676. The van der Waals surface area contributed by atoms with Crippen LogP contribution >= 0.6 is 11.3 Å². The molecule has 2 rings (SSSR count). The van der Waals surface area contributed by atoms with Crippen LogP contribution in [0.25, 0.3) is 0 Å². The molecule has 1 aromatic carbocycles. The molecule has 0 aliphatic heterocycles. The second kappa shape index (κ2) is 5.16. The molecule has 1 atom stereocenters. The number of methoxy groups -OCH3 is 1. The molecule has 0 aliphatic carbocycles. The highest BCUT2D eigenvalue weighted by atomic mass is 32.1. The third-order valence-electron chi connectivity index (χ3n) is 2.61. The first-order valence-corrected chi connectivity index (χ1v) is 6.12. The van der Waals surface area contributed by atoms with Gasteiger partial charge in [-0.05, 0) is 23.1 Å². The number of nitrogens with zero attached hydrogens (tertiary/aromatic N) is 1. The van der Waals surface area contributed by atoms with Crippen LogP contribution in [0.4, 0.5) is 5.69 Å². The summed E-state index contributed by atoms with van der Waals surface area (Å²) in [5.74, 6) is 0.238. The SMILES string of the molecule is COc1ccc([C@H](N)c2cccs2)cc1[N+](=O)[O-]. The third-order valence-corrected chi connectivity index (χ3v) is 3.56. The van der Waals surface area contributed by atoms with Gasteiger partial charge in [0.25, 0.3) is 0 Å². The molecule has 0 saturated carbocycles. The summed E-state index contributed by atoms with van der Waals surface area (Å²) in [4.78, 5) is 11.4. The van der Waals surface area contributed by atoms with Crippen molar-refractivity contribution in [1.29, 1.82) is 0 Å². The maximum absolute atomic E-state index is 10.9. The molecular weight excluding hydrogens is 252 g/mol. The molecule has 2 N–H and O–H groups in total. The van der Waals surface area contributed by atoms with E-state index in [1.165, 1.54) is 24.5 Å². The minimum atomic E-state index is -0.469. The highest BCUT2D eigenvalue weighted by Gasteiger charge is 2.18. The normalized spacial score (nSPS) is 12.1. The zero-order valence-electron chi connectivity index (χ0n) is 9.70. The number of benzene rings is 1. The molecule has 0 fully saturated rings. The lowest BCUT2D eigenvalue weighted by Crippen LogP contribution is -2.10. The Bertz CT molecular complexity index is 554. The van der Waals surface area contributed by atoms with Crippen LogP contribution in [0, 0.1) is 10.1 Å². The van der Waals surface area contributed by atoms with Gasteiger partial charge in [-0.3, -0.25) is 10.1 Å². The van der Waals surface area contributed by atoms with Crippen LogP contribution in [0.1, 0.15) is 16.5 Å². The Morgan fingerprint density at radius 2 is 2.22 bits per heavy atom. The van der Waals surface area contributed by atoms with Gasteiger partial charge < -0.3 is 10.5 Å². The Morgan fingerprint density at radius 1 is 1.44 bits per heavy atom. The smallest absolute Gasteiger partial charge is 0.311 e. The summed E-state index contributed by atoms with van der Waals surface area (Å²) >= 11 is 1.52. The Balaban J connectivity index is 2.41. The number of thiophene rings is 1. The number of nitro benzene ring substituents is 1. The lowest BCUT2D eigenvalue weighted by molar-refractivity contribution is -0.385. The molecule has 0 radical (unpaired) electrons. The van der Waals surface area contributed by atoms with Gasteiger partial charge in [0.2, 0.25) is 0 Å². The van der Waals surface area contributed by atoms with E-state index in [4.69, 9.17) is 10.5 Å². The lowest BCUT2D eigenvalue weighted by Gasteiger charge is -2.11. The van der Waals surface area contributed by atoms with Crippen LogP contribution in [0.3, 0.4) is 0 Å². The van der Waals surface area contributed by atoms with Crippen molar-refractivity contribution >= 4 is 17.0 Å². The second-order valence-electron chi connectivity index (χ2n) is 3.68. The first kappa shape index (κ1) is 12.5. The van der Waals surface area contributed by atoms with E-state index in [2.05, 4.69) is 0 Å². The average Bonchev–Trinajstić information content (AvgIpc) is 2.90. The summed E-state index contributed by atoms with van der Waals surface area (Å²) in [5.41, 5.74) is 6.70. The maximum atomic E-state index is 10.9. The summed E-state index contributed by atoms with van der Waals surface area (Å²) < 4.78 is 4.95. The first-order chi connectivity index (χ1) is 8.63. The van der Waals surface area contributed by atoms with Crippen molar-refractivity contribution in [3.8, 4) is 5.75 Å². The minimum Gasteiger partial charge on any atom is -0.490 e. The van der Waals surface area contributed by atoms with Crippen molar-refractivity contribution < 1.29 is 9.66 Å². The van der Waals surface area contributed by atoms with Gasteiger partial charge in [-0.25, -0.2) is 0 Å². The highest BCUT2D eigenvalue weighted by molar-refractivity contribution is 7.10.